The van der Waals surface area contributed by atoms with E-state index in [-0.39, 0.29) is 5.84 Å². The van der Waals surface area contributed by atoms with Crippen LogP contribution >= 0.6 is 11.3 Å². The summed E-state index contributed by atoms with van der Waals surface area (Å²) < 4.78 is 0. The molecule has 0 unspecified atom stereocenters. The van der Waals surface area contributed by atoms with Crippen molar-refractivity contribution < 1.29 is 5.21 Å². The maximum absolute atomic E-state index is 8.60. The number of rotatable bonds is 5. The van der Waals surface area contributed by atoms with Gasteiger partial charge in [0.25, 0.3) is 0 Å². The van der Waals surface area contributed by atoms with Crippen molar-refractivity contribution in [2.75, 3.05) is 7.05 Å². The molecule has 1 aromatic heterocycles. The Kier molecular flexibility index (Phi) is 4.54. The largest absolute Gasteiger partial charge is 0.409 e. The molecule has 0 aliphatic carbocycles. The van der Waals surface area contributed by atoms with Gasteiger partial charge in [0.05, 0.1) is 0 Å². The van der Waals surface area contributed by atoms with Gasteiger partial charge in [0.15, 0.2) is 5.84 Å². The van der Waals surface area contributed by atoms with Crippen LogP contribution in [0.25, 0.3) is 0 Å². The summed E-state index contributed by atoms with van der Waals surface area (Å²) in [5.74, 6) is 0.137. The van der Waals surface area contributed by atoms with E-state index in [2.05, 4.69) is 33.9 Å². The van der Waals surface area contributed by atoms with E-state index in [1.165, 1.54) is 11.1 Å². The van der Waals surface area contributed by atoms with Gasteiger partial charge in [0.2, 0.25) is 0 Å². The maximum atomic E-state index is 8.60. The normalized spacial score (nSPS) is 12.0. The zero-order chi connectivity index (χ0) is 13.7. The Hall–Kier alpha value is -1.85. The summed E-state index contributed by atoms with van der Waals surface area (Å²) >= 11 is 1.72. The van der Waals surface area contributed by atoms with Crippen molar-refractivity contribution in [1.82, 2.24) is 4.90 Å². The Morgan fingerprint density at radius 3 is 2.47 bits per heavy atom. The van der Waals surface area contributed by atoms with Gasteiger partial charge in [-0.25, -0.2) is 0 Å². The van der Waals surface area contributed by atoms with Gasteiger partial charge in [-0.3, -0.25) is 4.90 Å². The van der Waals surface area contributed by atoms with Gasteiger partial charge in [-0.2, -0.15) is 11.3 Å². The minimum atomic E-state index is 0.137. The van der Waals surface area contributed by atoms with Crippen molar-refractivity contribution in [1.29, 1.82) is 0 Å². The van der Waals surface area contributed by atoms with Crippen LogP contribution in [0.15, 0.2) is 46.2 Å². The lowest BCUT2D eigenvalue weighted by molar-refractivity contribution is 0.318. The van der Waals surface area contributed by atoms with E-state index in [0.717, 1.165) is 18.7 Å². The molecule has 2 rings (SSSR count). The summed E-state index contributed by atoms with van der Waals surface area (Å²) in [6.07, 6.45) is 0. The lowest BCUT2D eigenvalue weighted by atomic mass is 10.1. The molecule has 0 amide bonds. The molecule has 5 heteroatoms. The fourth-order valence-electron chi connectivity index (χ4n) is 1.90. The minimum Gasteiger partial charge on any atom is -0.409 e. The van der Waals surface area contributed by atoms with Crippen LogP contribution in [0.3, 0.4) is 0 Å². The topological polar surface area (TPSA) is 61.8 Å². The molecule has 0 aliphatic rings. The molecule has 0 radical (unpaired) electrons. The molecule has 0 saturated carbocycles. The van der Waals surface area contributed by atoms with Gasteiger partial charge >= 0.3 is 0 Å². The number of hydrogen-bond acceptors (Lipinski definition) is 4. The second-order valence-corrected chi connectivity index (χ2v) is 5.27. The molecule has 4 nitrogen and oxygen atoms in total. The van der Waals surface area contributed by atoms with Crippen LogP contribution in [0.5, 0.6) is 0 Å². The van der Waals surface area contributed by atoms with Gasteiger partial charge in [0, 0.05) is 18.7 Å². The van der Waals surface area contributed by atoms with Gasteiger partial charge in [-0.05, 0) is 35.0 Å². The summed E-state index contributed by atoms with van der Waals surface area (Å²) in [5.41, 5.74) is 8.79. The molecule has 1 aromatic carbocycles. The van der Waals surface area contributed by atoms with E-state index in [1.54, 1.807) is 11.3 Å². The van der Waals surface area contributed by atoms with Gasteiger partial charge < -0.3 is 10.9 Å². The highest BCUT2D eigenvalue weighted by molar-refractivity contribution is 7.07. The Bertz CT molecular complexity index is 534. The lowest BCUT2D eigenvalue weighted by Gasteiger charge is -2.16. The van der Waals surface area contributed by atoms with Crippen molar-refractivity contribution in [2.24, 2.45) is 10.9 Å². The summed E-state index contributed by atoms with van der Waals surface area (Å²) in [5, 5.41) is 15.8. The highest BCUT2D eigenvalue weighted by Gasteiger charge is 2.03. The summed E-state index contributed by atoms with van der Waals surface area (Å²) in [6.45, 7) is 1.80. The highest BCUT2D eigenvalue weighted by Crippen LogP contribution is 2.11. The monoisotopic (exact) mass is 275 g/mol. The molecule has 0 bridgehead atoms. The van der Waals surface area contributed by atoms with Crippen molar-refractivity contribution in [3.8, 4) is 0 Å². The van der Waals surface area contributed by atoms with Crippen LogP contribution in [-0.4, -0.2) is 23.0 Å². The summed E-state index contributed by atoms with van der Waals surface area (Å²) in [7, 11) is 2.09. The molecule has 3 N–H and O–H groups in total. The molecule has 2 aromatic rings. The van der Waals surface area contributed by atoms with Crippen molar-refractivity contribution in [3.63, 3.8) is 0 Å². The number of thiophene rings is 1. The number of amidine groups is 1. The average molecular weight is 275 g/mol. The number of nitrogens with zero attached hydrogens (tertiary/aromatic N) is 2. The first-order valence-electron chi connectivity index (χ1n) is 5.95. The predicted octanol–water partition coefficient (Wildman–Crippen LogP) is 2.47. The molecule has 0 fully saturated rings. The van der Waals surface area contributed by atoms with E-state index in [9.17, 15) is 0 Å². The second-order valence-electron chi connectivity index (χ2n) is 4.49. The van der Waals surface area contributed by atoms with Gasteiger partial charge in [-0.1, -0.05) is 29.4 Å². The van der Waals surface area contributed by atoms with Crippen molar-refractivity contribution in [2.45, 2.75) is 13.1 Å². The molecule has 0 aliphatic heterocycles. The summed E-state index contributed by atoms with van der Waals surface area (Å²) in [4.78, 5) is 2.25. The van der Waals surface area contributed by atoms with Crippen molar-refractivity contribution in [3.05, 3.63) is 57.8 Å². The first kappa shape index (κ1) is 13.6. The van der Waals surface area contributed by atoms with Crippen LogP contribution in [0.1, 0.15) is 16.7 Å². The third-order valence-electron chi connectivity index (χ3n) is 2.84. The minimum absolute atomic E-state index is 0.137. The van der Waals surface area contributed by atoms with Crippen LogP contribution < -0.4 is 5.73 Å². The SMILES string of the molecule is CN(Cc1ccc(/C(N)=N/O)cc1)Cc1ccsc1. The third-order valence-corrected chi connectivity index (χ3v) is 3.57. The van der Waals surface area contributed by atoms with Gasteiger partial charge in [0.1, 0.15) is 0 Å². The Morgan fingerprint density at radius 1 is 1.21 bits per heavy atom. The molecule has 0 atom stereocenters. The zero-order valence-electron chi connectivity index (χ0n) is 10.8. The van der Waals surface area contributed by atoms with E-state index < -0.39 is 0 Å². The van der Waals surface area contributed by atoms with E-state index in [0.29, 0.717) is 0 Å². The van der Waals surface area contributed by atoms with E-state index in [1.807, 2.05) is 24.3 Å². The molecule has 1 heterocycles. The van der Waals surface area contributed by atoms with Crippen LogP contribution in [-0.2, 0) is 13.1 Å². The third kappa shape index (κ3) is 3.81. The predicted molar refractivity (Wildman–Crippen MR) is 78.4 cm³/mol. The smallest absolute Gasteiger partial charge is 0.170 e. The Morgan fingerprint density at radius 2 is 1.89 bits per heavy atom. The molecule has 19 heavy (non-hydrogen) atoms. The van der Waals surface area contributed by atoms with Crippen LogP contribution in [0.4, 0.5) is 0 Å². The number of hydrogen-bond donors (Lipinski definition) is 2. The standard InChI is InChI=1S/C14H17N3OS/c1-17(9-12-6-7-19-10-12)8-11-2-4-13(5-3-11)14(15)16-18/h2-7,10,18H,8-9H2,1H3,(H2,15,16). The highest BCUT2D eigenvalue weighted by atomic mass is 32.1. The molecule has 0 spiro atoms. The number of nitrogens with two attached hydrogens (primary N) is 1. The zero-order valence-corrected chi connectivity index (χ0v) is 11.6. The second kappa shape index (κ2) is 6.36. The first-order valence-corrected chi connectivity index (χ1v) is 6.90. The van der Waals surface area contributed by atoms with E-state index in [4.69, 9.17) is 10.9 Å². The molecular formula is C14H17N3OS. The number of oxime groups is 1. The fourth-order valence-corrected chi connectivity index (χ4v) is 2.56. The van der Waals surface area contributed by atoms with Gasteiger partial charge in [-0.15, -0.1) is 0 Å². The van der Waals surface area contributed by atoms with Crippen LogP contribution in [0.2, 0.25) is 0 Å². The van der Waals surface area contributed by atoms with Crippen molar-refractivity contribution >= 4 is 17.2 Å². The first-order chi connectivity index (χ1) is 9.19. The summed E-state index contributed by atoms with van der Waals surface area (Å²) in [6, 6.07) is 9.86. The Labute approximate surface area is 116 Å². The molecule has 0 saturated heterocycles. The Balaban J connectivity index is 1.95. The molecular weight excluding hydrogens is 258 g/mol. The number of benzene rings is 1. The van der Waals surface area contributed by atoms with E-state index >= 15 is 0 Å². The lowest BCUT2D eigenvalue weighted by Crippen LogP contribution is -2.17. The van der Waals surface area contributed by atoms with Crippen LogP contribution in [0, 0.1) is 0 Å². The average Bonchev–Trinajstić information content (AvgIpc) is 2.91. The maximum Gasteiger partial charge on any atom is 0.170 e. The fraction of sp³-hybridized carbons (Fsp3) is 0.214. The molecule has 100 valence electrons. The quantitative estimate of drug-likeness (QED) is 0.381.